The van der Waals surface area contributed by atoms with Gasteiger partial charge in [-0.05, 0) is 48.9 Å². The van der Waals surface area contributed by atoms with Gasteiger partial charge < -0.3 is 14.5 Å². The summed E-state index contributed by atoms with van der Waals surface area (Å²) in [6, 6.07) is 11.9. The Morgan fingerprint density at radius 2 is 1.69 bits per heavy atom. The van der Waals surface area contributed by atoms with E-state index >= 15 is 0 Å². The van der Waals surface area contributed by atoms with Gasteiger partial charge in [-0.2, -0.15) is 0 Å². The summed E-state index contributed by atoms with van der Waals surface area (Å²) >= 11 is 11.9. The quantitative estimate of drug-likeness (QED) is 0.510. The van der Waals surface area contributed by atoms with E-state index in [9.17, 15) is 13.2 Å². The van der Waals surface area contributed by atoms with E-state index < -0.39 is 10.7 Å². The minimum Gasteiger partial charge on any atom is -0.492 e. The maximum absolute atomic E-state index is 12.4. The van der Waals surface area contributed by atoms with Crippen molar-refractivity contribution in [2.24, 2.45) is 0 Å². The molecular weight excluding hydrogens is 435 g/mol. The zero-order valence-electron chi connectivity index (χ0n) is 15.7. The van der Waals surface area contributed by atoms with Crippen LogP contribution in [-0.2, 0) is 15.5 Å². The lowest BCUT2D eigenvalue weighted by Crippen LogP contribution is -2.48. The van der Waals surface area contributed by atoms with Gasteiger partial charge in [0, 0.05) is 43.3 Å². The summed E-state index contributed by atoms with van der Waals surface area (Å²) in [6.07, 6.45) is 1.02. The molecular formula is C20H22Cl2N2O4S. The molecule has 3 rings (SSSR count). The zero-order valence-corrected chi connectivity index (χ0v) is 18.1. The number of carbonyl (C=O) groups excluding carboxylic acids is 1. The third kappa shape index (κ3) is 6.01. The summed E-state index contributed by atoms with van der Waals surface area (Å²) in [5, 5.41) is 1.00. The number of nitrogens with zero attached hydrogens (tertiary/aromatic N) is 2. The van der Waals surface area contributed by atoms with Gasteiger partial charge in [-0.3, -0.25) is 4.79 Å². The van der Waals surface area contributed by atoms with Crippen LogP contribution in [0.25, 0.3) is 0 Å². The number of ether oxygens (including phenoxy) is 1. The Bertz CT molecular complexity index is 919. The minimum atomic E-state index is -2.56. The largest absolute Gasteiger partial charge is 0.492 e. The number of hydrogen-bond donors (Lipinski definition) is 1. The summed E-state index contributed by atoms with van der Waals surface area (Å²) < 4.78 is 27.6. The van der Waals surface area contributed by atoms with Crippen LogP contribution in [0.1, 0.15) is 12.8 Å². The monoisotopic (exact) mass is 456 g/mol. The topological polar surface area (TPSA) is 66.9 Å². The van der Waals surface area contributed by atoms with Gasteiger partial charge in [0.15, 0.2) is 10.7 Å². The van der Waals surface area contributed by atoms with Crippen molar-refractivity contribution < 1.29 is 17.9 Å². The second-order valence-corrected chi connectivity index (χ2v) is 8.54. The van der Waals surface area contributed by atoms with Crippen LogP contribution in [-0.4, -0.2) is 52.0 Å². The Hall–Kier alpha value is -1.96. The molecule has 2 aromatic carbocycles. The highest BCUT2D eigenvalue weighted by molar-refractivity contribution is 7.72. The smallest absolute Gasteiger partial charge is 0.222 e. The van der Waals surface area contributed by atoms with Gasteiger partial charge in [0.05, 0.1) is 16.5 Å². The zero-order chi connectivity index (χ0) is 20.8. The molecule has 0 aromatic heterocycles. The number of anilines is 1. The Kier molecular flexibility index (Phi) is 7.64. The van der Waals surface area contributed by atoms with Gasteiger partial charge in [-0.25, -0.2) is 8.42 Å². The van der Waals surface area contributed by atoms with Crippen molar-refractivity contribution >= 4 is 45.5 Å². The fourth-order valence-electron chi connectivity index (χ4n) is 3.16. The van der Waals surface area contributed by atoms with Crippen molar-refractivity contribution in [3.63, 3.8) is 0 Å². The number of rotatable bonds is 7. The molecule has 0 saturated carbocycles. The summed E-state index contributed by atoms with van der Waals surface area (Å²) in [5.74, 6) is 0.666. The van der Waals surface area contributed by atoms with E-state index in [2.05, 4.69) is 4.90 Å². The molecule has 0 atom stereocenters. The number of carbonyl (C=O) groups is 1. The second-order valence-electron chi connectivity index (χ2n) is 6.67. The van der Waals surface area contributed by atoms with Crippen LogP contribution in [0, 0.1) is 0 Å². The van der Waals surface area contributed by atoms with Crippen molar-refractivity contribution in [3.05, 3.63) is 52.5 Å². The Balaban J connectivity index is 1.40. The Morgan fingerprint density at radius 1 is 1.00 bits per heavy atom. The molecule has 0 radical (unpaired) electrons. The van der Waals surface area contributed by atoms with E-state index in [0.717, 1.165) is 5.69 Å². The van der Waals surface area contributed by atoms with Crippen molar-refractivity contribution in [1.82, 2.24) is 4.90 Å². The molecule has 0 bridgehead atoms. The molecule has 1 aliphatic heterocycles. The Labute approximate surface area is 181 Å². The lowest BCUT2D eigenvalue weighted by molar-refractivity contribution is -0.131. The molecule has 1 saturated heterocycles. The summed E-state index contributed by atoms with van der Waals surface area (Å²) in [6.45, 7) is 3.11. The Morgan fingerprint density at radius 3 is 2.31 bits per heavy atom. The van der Waals surface area contributed by atoms with Crippen LogP contribution < -0.4 is 9.64 Å². The first-order valence-corrected chi connectivity index (χ1v) is 11.2. The second kappa shape index (κ2) is 10.2. The van der Waals surface area contributed by atoms with Crippen molar-refractivity contribution in [2.45, 2.75) is 17.7 Å². The third-order valence-electron chi connectivity index (χ3n) is 4.74. The average molecular weight is 457 g/mol. The molecule has 0 aliphatic carbocycles. The lowest BCUT2D eigenvalue weighted by atomic mass is 10.2. The van der Waals surface area contributed by atoms with E-state index in [-0.39, 0.29) is 5.91 Å². The van der Waals surface area contributed by atoms with Crippen molar-refractivity contribution in [3.8, 4) is 5.75 Å². The fraction of sp³-hybridized carbons (Fsp3) is 0.350. The van der Waals surface area contributed by atoms with Crippen molar-refractivity contribution in [2.75, 3.05) is 37.7 Å². The molecule has 0 unspecified atom stereocenters. The van der Waals surface area contributed by atoms with Crippen LogP contribution in [0.4, 0.5) is 5.69 Å². The molecule has 9 heteroatoms. The first-order chi connectivity index (χ1) is 13.9. The van der Waals surface area contributed by atoms with Crippen LogP contribution in [0.15, 0.2) is 47.4 Å². The highest BCUT2D eigenvalue weighted by Gasteiger charge is 2.21. The highest BCUT2D eigenvalue weighted by atomic mass is 35.5. The van der Waals surface area contributed by atoms with Crippen LogP contribution >= 0.6 is 23.2 Å². The summed E-state index contributed by atoms with van der Waals surface area (Å²) in [4.78, 5) is 16.7. The van der Waals surface area contributed by atoms with Gasteiger partial charge in [0.2, 0.25) is 5.91 Å². The minimum absolute atomic E-state index is 0.106. The van der Waals surface area contributed by atoms with Gasteiger partial charge in [0.25, 0.3) is 0 Å². The maximum Gasteiger partial charge on any atom is 0.222 e. The first-order valence-electron chi connectivity index (χ1n) is 9.29. The molecule has 1 fully saturated rings. The van der Waals surface area contributed by atoms with Crippen LogP contribution in [0.3, 0.4) is 0 Å². The molecule has 0 spiro atoms. The predicted octanol–water partition coefficient (Wildman–Crippen LogP) is 3.47. The molecule has 0 N–H and O–H groups in total. The molecule has 156 valence electrons. The summed E-state index contributed by atoms with van der Waals surface area (Å²) in [5.41, 5.74) is 0.964. The number of hydrogen-bond acceptors (Lipinski definition) is 5. The molecule has 1 amide bonds. The number of halogens is 2. The number of amides is 1. The van der Waals surface area contributed by atoms with Crippen LogP contribution in [0.5, 0.6) is 5.75 Å². The van der Waals surface area contributed by atoms with Gasteiger partial charge in [0.1, 0.15) is 5.75 Å². The summed E-state index contributed by atoms with van der Waals surface area (Å²) in [7, 11) is -2.56. The maximum atomic E-state index is 12.4. The number of piperazine rings is 1. The van der Waals surface area contributed by atoms with E-state index in [0.29, 0.717) is 66.3 Å². The molecule has 6 nitrogen and oxygen atoms in total. The first kappa shape index (κ1) is 21.7. The van der Waals surface area contributed by atoms with Crippen LogP contribution in [0.2, 0.25) is 10.0 Å². The third-order valence-corrected chi connectivity index (χ3v) is 5.99. The number of thiol groups is 1. The lowest BCUT2D eigenvalue weighted by Gasteiger charge is -2.36. The van der Waals surface area contributed by atoms with E-state index in [1.807, 2.05) is 4.90 Å². The average Bonchev–Trinajstić information content (AvgIpc) is 2.72. The van der Waals surface area contributed by atoms with E-state index in [1.54, 1.807) is 42.5 Å². The molecule has 1 heterocycles. The SMILES string of the molecule is O=C(CCCOc1ccc(Cl)cc1Cl)N1CCN(c2ccc([SH](=O)=O)cc2)CC1. The van der Waals surface area contributed by atoms with Gasteiger partial charge in [-0.15, -0.1) is 0 Å². The number of benzene rings is 2. The molecule has 2 aromatic rings. The predicted molar refractivity (Wildman–Crippen MR) is 115 cm³/mol. The standard InChI is InChI=1S/C20H22Cl2N2O4S/c21-15-3-8-19(18(22)14-15)28-13-1-2-20(25)24-11-9-23(10-12-24)16-4-6-17(7-5-16)29(26)27/h3-8,14,29H,1-2,9-13H2. The van der Waals surface area contributed by atoms with E-state index in [1.165, 1.54) is 0 Å². The molecule has 29 heavy (non-hydrogen) atoms. The van der Waals surface area contributed by atoms with Crippen molar-refractivity contribution in [1.29, 1.82) is 0 Å². The van der Waals surface area contributed by atoms with E-state index in [4.69, 9.17) is 27.9 Å². The van der Waals surface area contributed by atoms with Gasteiger partial charge in [-0.1, -0.05) is 23.2 Å². The normalized spacial score (nSPS) is 14.3. The van der Waals surface area contributed by atoms with Gasteiger partial charge >= 0.3 is 0 Å². The highest BCUT2D eigenvalue weighted by Crippen LogP contribution is 2.27. The molecule has 1 aliphatic rings. The fourth-order valence-corrected chi connectivity index (χ4v) is 4.01.